The van der Waals surface area contributed by atoms with Crippen molar-refractivity contribution in [1.29, 1.82) is 0 Å². The molecule has 17 heavy (non-hydrogen) atoms. The van der Waals surface area contributed by atoms with E-state index in [2.05, 4.69) is 24.1 Å². The topological polar surface area (TPSA) is 62.2 Å². The molecule has 1 aliphatic rings. The van der Waals surface area contributed by atoms with Crippen LogP contribution in [0.2, 0.25) is 0 Å². The minimum atomic E-state index is -0.958. The van der Waals surface area contributed by atoms with Crippen molar-refractivity contribution in [1.82, 2.24) is 4.98 Å². The van der Waals surface area contributed by atoms with Gasteiger partial charge < -0.3 is 10.4 Å². The monoisotopic (exact) mass is 254 g/mol. The van der Waals surface area contributed by atoms with Gasteiger partial charge in [-0.25, -0.2) is 9.78 Å². The van der Waals surface area contributed by atoms with E-state index in [0.717, 1.165) is 29.8 Å². The SMILES string of the molecule is CC1CCC(Nc2nc(C(=O)O)cs2)CC1C. The summed E-state index contributed by atoms with van der Waals surface area (Å²) < 4.78 is 0. The van der Waals surface area contributed by atoms with Crippen molar-refractivity contribution in [2.24, 2.45) is 11.8 Å². The number of carboxylic acids is 1. The Hall–Kier alpha value is -1.10. The lowest BCUT2D eigenvalue weighted by Gasteiger charge is -2.32. The van der Waals surface area contributed by atoms with E-state index in [1.54, 1.807) is 5.38 Å². The van der Waals surface area contributed by atoms with Crippen molar-refractivity contribution in [2.75, 3.05) is 5.32 Å². The van der Waals surface area contributed by atoms with Crippen LogP contribution in [0.4, 0.5) is 5.13 Å². The van der Waals surface area contributed by atoms with Gasteiger partial charge in [0.05, 0.1) is 0 Å². The fourth-order valence-corrected chi connectivity index (χ4v) is 3.05. The highest BCUT2D eigenvalue weighted by atomic mass is 32.1. The molecule has 1 aliphatic carbocycles. The van der Waals surface area contributed by atoms with E-state index in [-0.39, 0.29) is 5.69 Å². The van der Waals surface area contributed by atoms with E-state index in [1.807, 2.05) is 0 Å². The Morgan fingerprint density at radius 3 is 2.82 bits per heavy atom. The molecule has 2 N–H and O–H groups in total. The third-order valence-corrected chi connectivity index (χ3v) is 4.42. The van der Waals surface area contributed by atoms with E-state index in [9.17, 15) is 4.79 Å². The Bertz CT molecular complexity index is 405. The summed E-state index contributed by atoms with van der Waals surface area (Å²) in [6, 6.07) is 0.439. The van der Waals surface area contributed by atoms with Gasteiger partial charge in [-0.2, -0.15) is 0 Å². The molecule has 4 nitrogen and oxygen atoms in total. The first-order valence-corrected chi connectivity index (χ1v) is 6.89. The summed E-state index contributed by atoms with van der Waals surface area (Å²) >= 11 is 1.37. The lowest BCUT2D eigenvalue weighted by atomic mass is 9.79. The summed E-state index contributed by atoms with van der Waals surface area (Å²) in [4.78, 5) is 14.8. The second kappa shape index (κ2) is 5.04. The molecule has 0 radical (unpaired) electrons. The molecule has 0 aliphatic heterocycles. The fraction of sp³-hybridized carbons (Fsp3) is 0.667. The molecule has 2 rings (SSSR count). The van der Waals surface area contributed by atoms with E-state index in [4.69, 9.17) is 5.11 Å². The van der Waals surface area contributed by atoms with Gasteiger partial charge in [0.25, 0.3) is 0 Å². The first-order valence-electron chi connectivity index (χ1n) is 6.01. The molecule has 0 aromatic carbocycles. The maximum atomic E-state index is 10.7. The van der Waals surface area contributed by atoms with Gasteiger partial charge in [0, 0.05) is 11.4 Å². The number of aromatic nitrogens is 1. The average Bonchev–Trinajstić information content (AvgIpc) is 2.72. The zero-order valence-corrected chi connectivity index (χ0v) is 11.0. The number of carboxylic acid groups (broad SMARTS) is 1. The van der Waals surface area contributed by atoms with E-state index in [1.165, 1.54) is 17.8 Å². The van der Waals surface area contributed by atoms with Crippen LogP contribution >= 0.6 is 11.3 Å². The quantitative estimate of drug-likeness (QED) is 0.870. The maximum Gasteiger partial charge on any atom is 0.355 e. The molecule has 0 saturated heterocycles. The van der Waals surface area contributed by atoms with E-state index < -0.39 is 5.97 Å². The minimum absolute atomic E-state index is 0.134. The summed E-state index contributed by atoms with van der Waals surface area (Å²) in [5.74, 6) is 0.555. The molecule has 1 aromatic rings. The Morgan fingerprint density at radius 2 is 2.24 bits per heavy atom. The predicted octanol–water partition coefficient (Wildman–Crippen LogP) is 3.08. The molecule has 3 unspecified atom stereocenters. The van der Waals surface area contributed by atoms with Crippen molar-refractivity contribution in [3.05, 3.63) is 11.1 Å². The number of aromatic carboxylic acids is 1. The van der Waals surface area contributed by atoms with Crippen molar-refractivity contribution in [3.63, 3.8) is 0 Å². The minimum Gasteiger partial charge on any atom is -0.476 e. The molecule has 1 saturated carbocycles. The first kappa shape index (κ1) is 12.4. The molecule has 1 aromatic heterocycles. The van der Waals surface area contributed by atoms with Gasteiger partial charge in [-0.05, 0) is 31.1 Å². The van der Waals surface area contributed by atoms with Gasteiger partial charge in [0.2, 0.25) is 0 Å². The zero-order chi connectivity index (χ0) is 12.4. The van der Waals surface area contributed by atoms with Crippen LogP contribution in [-0.2, 0) is 0 Å². The number of hydrogen-bond acceptors (Lipinski definition) is 4. The molecule has 1 fully saturated rings. The van der Waals surface area contributed by atoms with Gasteiger partial charge in [0.15, 0.2) is 10.8 Å². The van der Waals surface area contributed by atoms with E-state index in [0.29, 0.717) is 6.04 Å². The van der Waals surface area contributed by atoms with Crippen molar-refractivity contribution < 1.29 is 9.90 Å². The number of anilines is 1. The first-order chi connectivity index (χ1) is 8.06. The number of hydrogen-bond donors (Lipinski definition) is 2. The van der Waals surface area contributed by atoms with Crippen molar-refractivity contribution >= 4 is 22.4 Å². The predicted molar refractivity (Wildman–Crippen MR) is 68.7 cm³/mol. The van der Waals surface area contributed by atoms with Gasteiger partial charge in [-0.3, -0.25) is 0 Å². The average molecular weight is 254 g/mol. The van der Waals surface area contributed by atoms with E-state index >= 15 is 0 Å². The molecule has 0 amide bonds. The van der Waals surface area contributed by atoms with Crippen LogP contribution in [-0.4, -0.2) is 22.1 Å². The van der Waals surface area contributed by atoms with Crippen LogP contribution < -0.4 is 5.32 Å². The Labute approximate surface area is 105 Å². The second-order valence-corrected chi connectivity index (χ2v) is 5.81. The lowest BCUT2D eigenvalue weighted by molar-refractivity contribution is 0.0691. The largest absolute Gasteiger partial charge is 0.476 e. The van der Waals surface area contributed by atoms with Crippen molar-refractivity contribution in [2.45, 2.75) is 39.2 Å². The van der Waals surface area contributed by atoms with Gasteiger partial charge in [-0.15, -0.1) is 11.3 Å². The molecule has 0 spiro atoms. The lowest BCUT2D eigenvalue weighted by Crippen LogP contribution is -2.30. The fourth-order valence-electron chi connectivity index (χ4n) is 2.29. The smallest absolute Gasteiger partial charge is 0.355 e. The third-order valence-electron chi connectivity index (χ3n) is 3.65. The Balaban J connectivity index is 1.94. The summed E-state index contributed by atoms with van der Waals surface area (Å²) in [5, 5.41) is 14.5. The highest BCUT2D eigenvalue weighted by Crippen LogP contribution is 2.31. The molecular formula is C12H18N2O2S. The van der Waals surface area contributed by atoms with Crippen LogP contribution in [0, 0.1) is 11.8 Å². The van der Waals surface area contributed by atoms with Gasteiger partial charge in [0.1, 0.15) is 0 Å². The maximum absolute atomic E-state index is 10.7. The highest BCUT2D eigenvalue weighted by molar-refractivity contribution is 7.13. The van der Waals surface area contributed by atoms with Gasteiger partial charge >= 0.3 is 5.97 Å². The van der Waals surface area contributed by atoms with Crippen LogP contribution in [0.5, 0.6) is 0 Å². The van der Waals surface area contributed by atoms with Crippen LogP contribution in [0.25, 0.3) is 0 Å². The standard InChI is InChI=1S/C12H18N2O2S/c1-7-3-4-9(5-8(7)2)13-12-14-10(6-17-12)11(15)16/h6-9H,3-5H2,1-2H3,(H,13,14)(H,15,16). The number of carbonyl (C=O) groups is 1. The number of rotatable bonds is 3. The number of nitrogens with one attached hydrogen (secondary N) is 1. The van der Waals surface area contributed by atoms with Gasteiger partial charge in [-0.1, -0.05) is 13.8 Å². The number of nitrogens with zero attached hydrogens (tertiary/aromatic N) is 1. The number of thiazole rings is 1. The zero-order valence-electron chi connectivity index (χ0n) is 10.1. The molecule has 94 valence electrons. The van der Waals surface area contributed by atoms with Crippen molar-refractivity contribution in [3.8, 4) is 0 Å². The highest BCUT2D eigenvalue weighted by Gasteiger charge is 2.25. The third kappa shape index (κ3) is 2.97. The Kier molecular flexibility index (Phi) is 3.66. The summed E-state index contributed by atoms with van der Waals surface area (Å²) in [6.07, 6.45) is 3.52. The molecule has 0 bridgehead atoms. The summed E-state index contributed by atoms with van der Waals surface area (Å²) in [6.45, 7) is 4.58. The Morgan fingerprint density at radius 1 is 1.47 bits per heavy atom. The summed E-state index contributed by atoms with van der Waals surface area (Å²) in [7, 11) is 0. The molecule has 1 heterocycles. The molecule has 3 atom stereocenters. The summed E-state index contributed by atoms with van der Waals surface area (Å²) in [5.41, 5.74) is 0.134. The normalized spacial score (nSPS) is 28.9. The second-order valence-electron chi connectivity index (χ2n) is 4.95. The molecule has 5 heteroatoms. The molecular weight excluding hydrogens is 236 g/mol. The van der Waals surface area contributed by atoms with Crippen LogP contribution in [0.1, 0.15) is 43.6 Å². The van der Waals surface area contributed by atoms with Crippen LogP contribution in [0.15, 0.2) is 5.38 Å². The van der Waals surface area contributed by atoms with Crippen LogP contribution in [0.3, 0.4) is 0 Å².